The van der Waals surface area contributed by atoms with E-state index in [1.165, 1.54) is 6.07 Å². The fourth-order valence-corrected chi connectivity index (χ4v) is 3.26. The van der Waals surface area contributed by atoms with E-state index < -0.39 is 0 Å². The number of hydrogen-bond donors (Lipinski definition) is 1. The fraction of sp³-hybridized carbons (Fsp3) is 0.571. The summed E-state index contributed by atoms with van der Waals surface area (Å²) in [5.74, 6) is 0.291. The highest BCUT2D eigenvalue weighted by Gasteiger charge is 2.55. The van der Waals surface area contributed by atoms with Gasteiger partial charge >= 0.3 is 0 Å². The molecule has 1 saturated carbocycles. The topological polar surface area (TPSA) is 20.2 Å². The Bertz CT molecular complexity index is 390. The largest absolute Gasteiger partial charge is 0.392 e. The summed E-state index contributed by atoms with van der Waals surface area (Å²) in [5.41, 5.74) is 0.912. The minimum atomic E-state index is -0.272. The molecule has 1 aromatic rings. The fourth-order valence-electron chi connectivity index (χ4n) is 3.26. The lowest BCUT2D eigenvalue weighted by molar-refractivity contribution is -0.129. The molecule has 0 spiro atoms. The van der Waals surface area contributed by atoms with E-state index in [9.17, 15) is 9.50 Å². The van der Waals surface area contributed by atoms with E-state index in [2.05, 4.69) is 13.8 Å². The highest BCUT2D eigenvalue weighted by Crippen LogP contribution is 2.58. The second-order valence-corrected chi connectivity index (χ2v) is 5.20. The van der Waals surface area contributed by atoms with Gasteiger partial charge in [-0.05, 0) is 36.0 Å². The minimum absolute atomic E-state index is 0.104. The molecular weight excluding hydrogens is 203 g/mol. The van der Waals surface area contributed by atoms with Gasteiger partial charge in [0.15, 0.2) is 0 Å². The SMILES string of the molecule is CCC1(C)C(O)C(C)C1c1cccc(F)c1. The molecule has 1 aromatic carbocycles. The van der Waals surface area contributed by atoms with Crippen LogP contribution in [0.4, 0.5) is 4.39 Å². The summed E-state index contributed by atoms with van der Waals surface area (Å²) in [4.78, 5) is 0. The summed E-state index contributed by atoms with van der Waals surface area (Å²) in [7, 11) is 0. The Labute approximate surface area is 96.3 Å². The lowest BCUT2D eigenvalue weighted by Crippen LogP contribution is -2.56. The second-order valence-electron chi connectivity index (χ2n) is 5.20. The zero-order valence-electron chi connectivity index (χ0n) is 10.1. The van der Waals surface area contributed by atoms with Crippen LogP contribution in [0.2, 0.25) is 0 Å². The zero-order chi connectivity index (χ0) is 11.9. The maximum atomic E-state index is 13.2. The molecule has 0 bridgehead atoms. The molecule has 0 radical (unpaired) electrons. The van der Waals surface area contributed by atoms with Gasteiger partial charge in [-0.1, -0.05) is 32.9 Å². The normalized spacial score (nSPS) is 38.2. The van der Waals surface area contributed by atoms with Gasteiger partial charge < -0.3 is 5.11 Å². The summed E-state index contributed by atoms with van der Waals surface area (Å²) in [6.07, 6.45) is 0.644. The maximum absolute atomic E-state index is 13.2. The summed E-state index contributed by atoms with van der Waals surface area (Å²) in [5, 5.41) is 10.0. The van der Waals surface area contributed by atoms with Gasteiger partial charge in [-0.3, -0.25) is 0 Å². The predicted molar refractivity (Wildman–Crippen MR) is 62.7 cm³/mol. The molecule has 16 heavy (non-hydrogen) atoms. The summed E-state index contributed by atoms with van der Waals surface area (Å²) < 4.78 is 13.2. The molecule has 88 valence electrons. The lowest BCUT2D eigenvalue weighted by atomic mass is 9.50. The van der Waals surface area contributed by atoms with E-state index in [1.54, 1.807) is 12.1 Å². The third-order valence-corrected chi connectivity index (χ3v) is 4.38. The molecule has 4 atom stereocenters. The lowest BCUT2D eigenvalue weighted by Gasteiger charge is -2.57. The molecule has 0 amide bonds. The van der Waals surface area contributed by atoms with Crippen LogP contribution in [0.3, 0.4) is 0 Å². The smallest absolute Gasteiger partial charge is 0.123 e. The number of benzene rings is 1. The number of aliphatic hydroxyl groups is 1. The molecule has 1 fully saturated rings. The van der Waals surface area contributed by atoms with Crippen molar-refractivity contribution in [2.75, 3.05) is 0 Å². The average Bonchev–Trinajstić information content (AvgIpc) is 2.28. The third kappa shape index (κ3) is 1.47. The summed E-state index contributed by atoms with van der Waals surface area (Å²) in [6.45, 7) is 6.21. The summed E-state index contributed by atoms with van der Waals surface area (Å²) in [6, 6.07) is 6.77. The Morgan fingerprint density at radius 2 is 2.12 bits per heavy atom. The molecule has 2 heteroatoms. The van der Waals surface area contributed by atoms with Gasteiger partial charge in [0.05, 0.1) is 6.10 Å². The Morgan fingerprint density at radius 1 is 1.44 bits per heavy atom. The summed E-state index contributed by atoms with van der Waals surface area (Å²) >= 11 is 0. The van der Waals surface area contributed by atoms with Crippen LogP contribution in [0.1, 0.15) is 38.7 Å². The van der Waals surface area contributed by atoms with Crippen LogP contribution >= 0.6 is 0 Å². The minimum Gasteiger partial charge on any atom is -0.392 e. The Morgan fingerprint density at radius 3 is 2.69 bits per heavy atom. The Hall–Kier alpha value is -0.890. The van der Waals surface area contributed by atoms with Crippen LogP contribution in [-0.2, 0) is 0 Å². The van der Waals surface area contributed by atoms with Gasteiger partial charge in [0, 0.05) is 5.41 Å². The first kappa shape index (κ1) is 11.6. The van der Waals surface area contributed by atoms with Gasteiger partial charge in [-0.25, -0.2) is 4.39 Å². The molecule has 0 aliphatic heterocycles. The number of halogens is 1. The van der Waals surface area contributed by atoms with Crippen molar-refractivity contribution in [1.82, 2.24) is 0 Å². The van der Waals surface area contributed by atoms with Crippen molar-refractivity contribution < 1.29 is 9.50 Å². The van der Waals surface area contributed by atoms with Crippen molar-refractivity contribution >= 4 is 0 Å². The number of rotatable bonds is 2. The van der Waals surface area contributed by atoms with Gasteiger partial charge in [-0.15, -0.1) is 0 Å². The van der Waals surface area contributed by atoms with Crippen molar-refractivity contribution in [2.24, 2.45) is 11.3 Å². The molecule has 4 unspecified atom stereocenters. The van der Waals surface area contributed by atoms with Crippen molar-refractivity contribution in [2.45, 2.75) is 39.2 Å². The molecule has 1 nitrogen and oxygen atoms in total. The van der Waals surface area contributed by atoms with Crippen LogP contribution in [0.25, 0.3) is 0 Å². The monoisotopic (exact) mass is 222 g/mol. The number of hydrogen-bond acceptors (Lipinski definition) is 1. The molecule has 0 saturated heterocycles. The first-order valence-corrected chi connectivity index (χ1v) is 5.94. The van der Waals surface area contributed by atoms with Crippen molar-refractivity contribution in [3.05, 3.63) is 35.6 Å². The molecular formula is C14H19FO. The highest BCUT2D eigenvalue weighted by atomic mass is 19.1. The van der Waals surface area contributed by atoms with Crippen LogP contribution < -0.4 is 0 Å². The van der Waals surface area contributed by atoms with E-state index in [1.807, 2.05) is 13.0 Å². The van der Waals surface area contributed by atoms with Crippen molar-refractivity contribution in [3.63, 3.8) is 0 Å². The van der Waals surface area contributed by atoms with E-state index in [0.717, 1.165) is 12.0 Å². The van der Waals surface area contributed by atoms with Gasteiger partial charge in [0.2, 0.25) is 0 Å². The molecule has 0 heterocycles. The zero-order valence-corrected chi connectivity index (χ0v) is 10.1. The first-order chi connectivity index (χ1) is 7.50. The predicted octanol–water partition coefficient (Wildman–Crippen LogP) is 3.34. The van der Waals surface area contributed by atoms with E-state index in [4.69, 9.17) is 0 Å². The van der Waals surface area contributed by atoms with Gasteiger partial charge in [0.25, 0.3) is 0 Å². The third-order valence-electron chi connectivity index (χ3n) is 4.38. The first-order valence-electron chi connectivity index (χ1n) is 5.94. The molecule has 2 rings (SSSR count). The van der Waals surface area contributed by atoms with Crippen LogP contribution in [-0.4, -0.2) is 11.2 Å². The van der Waals surface area contributed by atoms with Crippen LogP contribution in [0.5, 0.6) is 0 Å². The molecule has 1 N–H and O–H groups in total. The van der Waals surface area contributed by atoms with Gasteiger partial charge in [0.1, 0.15) is 5.82 Å². The molecule has 1 aliphatic rings. The Balaban J connectivity index is 2.34. The highest BCUT2D eigenvalue weighted by molar-refractivity contribution is 5.29. The second kappa shape index (κ2) is 3.85. The van der Waals surface area contributed by atoms with Gasteiger partial charge in [-0.2, -0.15) is 0 Å². The van der Waals surface area contributed by atoms with E-state index in [-0.39, 0.29) is 29.2 Å². The average molecular weight is 222 g/mol. The van der Waals surface area contributed by atoms with Crippen LogP contribution in [0, 0.1) is 17.2 Å². The number of aliphatic hydroxyl groups excluding tert-OH is 1. The molecule has 1 aliphatic carbocycles. The quantitative estimate of drug-likeness (QED) is 0.813. The van der Waals surface area contributed by atoms with E-state index in [0.29, 0.717) is 0 Å². The van der Waals surface area contributed by atoms with Crippen molar-refractivity contribution in [3.8, 4) is 0 Å². The standard InChI is InChI=1S/C14H19FO/c1-4-14(3)12(9(2)13(14)16)10-6-5-7-11(15)8-10/h5-9,12-13,16H,4H2,1-3H3. The van der Waals surface area contributed by atoms with Crippen molar-refractivity contribution in [1.29, 1.82) is 0 Å². The van der Waals surface area contributed by atoms with E-state index >= 15 is 0 Å². The Kier molecular flexibility index (Phi) is 2.79. The van der Waals surface area contributed by atoms with Crippen LogP contribution in [0.15, 0.2) is 24.3 Å². The molecule has 0 aromatic heterocycles. The maximum Gasteiger partial charge on any atom is 0.123 e.